The van der Waals surface area contributed by atoms with E-state index in [0.29, 0.717) is 43.9 Å². The van der Waals surface area contributed by atoms with E-state index in [1.165, 1.54) is 18.2 Å². The maximum absolute atomic E-state index is 13.4. The van der Waals surface area contributed by atoms with Gasteiger partial charge >= 0.3 is 0 Å². The number of aryl methyl sites for hydroxylation is 1. The summed E-state index contributed by atoms with van der Waals surface area (Å²) in [4.78, 5) is 28.4. The summed E-state index contributed by atoms with van der Waals surface area (Å²) in [5.74, 6) is -0.0808. The molecule has 2 amide bonds. The maximum atomic E-state index is 13.4. The summed E-state index contributed by atoms with van der Waals surface area (Å²) < 4.78 is 18.9. The second kappa shape index (κ2) is 8.66. The molecule has 0 N–H and O–H groups in total. The van der Waals surface area contributed by atoms with Crippen LogP contribution >= 0.6 is 0 Å². The van der Waals surface area contributed by atoms with Gasteiger partial charge in [-0.15, -0.1) is 0 Å². The molecule has 6 heteroatoms. The number of benzene rings is 2. The van der Waals surface area contributed by atoms with E-state index in [2.05, 4.69) is 0 Å². The van der Waals surface area contributed by atoms with Crippen molar-refractivity contribution in [1.29, 1.82) is 0 Å². The summed E-state index contributed by atoms with van der Waals surface area (Å²) in [6.07, 6.45) is 0.678. The maximum Gasteiger partial charge on any atom is 0.260 e. The molecule has 0 spiro atoms. The van der Waals surface area contributed by atoms with Crippen LogP contribution in [-0.2, 0) is 4.79 Å². The average molecular weight is 370 g/mol. The first-order valence-electron chi connectivity index (χ1n) is 9.05. The summed E-state index contributed by atoms with van der Waals surface area (Å²) in [5, 5.41) is 0. The normalized spacial score (nSPS) is 14.6. The molecule has 0 bridgehead atoms. The highest BCUT2D eigenvalue weighted by Crippen LogP contribution is 2.13. The fraction of sp³-hybridized carbons (Fsp3) is 0.333. The van der Waals surface area contributed by atoms with Crippen LogP contribution in [0.25, 0.3) is 0 Å². The molecule has 0 atom stereocenters. The summed E-state index contributed by atoms with van der Waals surface area (Å²) in [6.45, 7) is 3.94. The predicted molar refractivity (Wildman–Crippen MR) is 100 cm³/mol. The molecule has 0 saturated carbocycles. The molecule has 142 valence electrons. The van der Waals surface area contributed by atoms with Gasteiger partial charge in [0.15, 0.2) is 6.61 Å². The quantitative estimate of drug-likeness (QED) is 0.832. The lowest BCUT2D eigenvalue weighted by molar-refractivity contribution is -0.133. The Bertz CT molecular complexity index is 807. The van der Waals surface area contributed by atoms with Crippen molar-refractivity contribution < 1.29 is 18.7 Å². The summed E-state index contributed by atoms with van der Waals surface area (Å²) in [5.41, 5.74) is 1.46. The van der Waals surface area contributed by atoms with Crippen LogP contribution in [0, 0.1) is 12.7 Å². The zero-order valence-corrected chi connectivity index (χ0v) is 15.4. The van der Waals surface area contributed by atoms with Crippen LogP contribution in [0.3, 0.4) is 0 Å². The van der Waals surface area contributed by atoms with Crippen LogP contribution in [-0.4, -0.2) is 54.4 Å². The minimum Gasteiger partial charge on any atom is -0.484 e. The molecule has 2 aromatic rings. The van der Waals surface area contributed by atoms with Gasteiger partial charge in [-0.25, -0.2) is 4.39 Å². The van der Waals surface area contributed by atoms with Gasteiger partial charge in [0.2, 0.25) is 0 Å². The van der Waals surface area contributed by atoms with Crippen molar-refractivity contribution in [3.63, 3.8) is 0 Å². The highest BCUT2D eigenvalue weighted by atomic mass is 19.1. The molecule has 1 heterocycles. The lowest BCUT2D eigenvalue weighted by Crippen LogP contribution is -2.39. The van der Waals surface area contributed by atoms with E-state index in [1.807, 2.05) is 31.2 Å². The Morgan fingerprint density at radius 3 is 2.44 bits per heavy atom. The van der Waals surface area contributed by atoms with Gasteiger partial charge in [0.05, 0.1) is 0 Å². The van der Waals surface area contributed by atoms with Gasteiger partial charge in [0.25, 0.3) is 11.8 Å². The third-order valence-electron chi connectivity index (χ3n) is 4.59. The van der Waals surface area contributed by atoms with E-state index in [9.17, 15) is 14.0 Å². The van der Waals surface area contributed by atoms with E-state index in [1.54, 1.807) is 15.9 Å². The molecule has 0 aliphatic carbocycles. The smallest absolute Gasteiger partial charge is 0.260 e. The van der Waals surface area contributed by atoms with Crippen molar-refractivity contribution >= 4 is 11.8 Å². The van der Waals surface area contributed by atoms with E-state index < -0.39 is 5.82 Å². The number of rotatable bonds is 4. The van der Waals surface area contributed by atoms with Gasteiger partial charge in [-0.3, -0.25) is 9.59 Å². The lowest BCUT2D eigenvalue weighted by Gasteiger charge is -2.22. The number of ether oxygens (including phenoxy) is 1. The predicted octanol–water partition coefficient (Wildman–Crippen LogP) is 2.89. The fourth-order valence-electron chi connectivity index (χ4n) is 3.04. The summed E-state index contributed by atoms with van der Waals surface area (Å²) in [6, 6.07) is 13.2. The van der Waals surface area contributed by atoms with Crippen molar-refractivity contribution in [2.75, 3.05) is 32.8 Å². The number of carbonyl (C=O) groups excluding carboxylic acids is 2. The van der Waals surface area contributed by atoms with Crippen LogP contribution in [0.15, 0.2) is 48.5 Å². The Balaban J connectivity index is 1.53. The standard InChI is InChI=1S/C21H23FN2O3/c1-16-6-8-19(9-7-16)27-15-20(25)23-10-3-11-24(13-12-23)21(26)17-4-2-5-18(22)14-17/h2,4-9,14H,3,10-13,15H2,1H3. The second-order valence-electron chi connectivity index (χ2n) is 6.64. The zero-order chi connectivity index (χ0) is 19.2. The third-order valence-corrected chi connectivity index (χ3v) is 4.59. The number of carbonyl (C=O) groups is 2. The van der Waals surface area contributed by atoms with Crippen LogP contribution in [0.1, 0.15) is 22.3 Å². The summed E-state index contributed by atoms with van der Waals surface area (Å²) >= 11 is 0. The molecular weight excluding hydrogens is 347 g/mol. The minimum absolute atomic E-state index is 0.0269. The molecule has 2 aromatic carbocycles. The van der Waals surface area contributed by atoms with Gasteiger partial charge in [0.1, 0.15) is 11.6 Å². The average Bonchev–Trinajstić information content (AvgIpc) is 2.93. The number of nitrogens with zero attached hydrogens (tertiary/aromatic N) is 2. The SMILES string of the molecule is Cc1ccc(OCC(=O)N2CCCN(C(=O)c3cccc(F)c3)CC2)cc1. The number of amides is 2. The van der Waals surface area contributed by atoms with Gasteiger partial charge in [-0.2, -0.15) is 0 Å². The number of halogens is 1. The van der Waals surface area contributed by atoms with Crippen molar-refractivity contribution in [2.24, 2.45) is 0 Å². The molecule has 0 aromatic heterocycles. The van der Waals surface area contributed by atoms with Gasteiger partial charge < -0.3 is 14.5 Å². The van der Waals surface area contributed by atoms with Crippen molar-refractivity contribution in [3.05, 3.63) is 65.5 Å². The van der Waals surface area contributed by atoms with E-state index in [-0.39, 0.29) is 18.4 Å². The summed E-state index contributed by atoms with van der Waals surface area (Å²) in [7, 11) is 0. The van der Waals surface area contributed by atoms with Crippen LogP contribution in [0.4, 0.5) is 4.39 Å². The molecule has 5 nitrogen and oxygen atoms in total. The molecule has 0 unspecified atom stereocenters. The van der Waals surface area contributed by atoms with Crippen LogP contribution in [0.5, 0.6) is 5.75 Å². The third kappa shape index (κ3) is 5.06. The Labute approximate surface area is 158 Å². The second-order valence-corrected chi connectivity index (χ2v) is 6.64. The minimum atomic E-state index is -0.430. The highest BCUT2D eigenvalue weighted by Gasteiger charge is 2.23. The Morgan fingerprint density at radius 1 is 1.00 bits per heavy atom. The first-order chi connectivity index (χ1) is 13.0. The van der Waals surface area contributed by atoms with Gasteiger partial charge in [-0.05, 0) is 43.7 Å². The molecule has 1 saturated heterocycles. The zero-order valence-electron chi connectivity index (χ0n) is 15.4. The molecule has 27 heavy (non-hydrogen) atoms. The van der Waals surface area contributed by atoms with Crippen LogP contribution in [0.2, 0.25) is 0 Å². The Kier molecular flexibility index (Phi) is 6.06. The first kappa shape index (κ1) is 18.9. The Hall–Kier alpha value is -2.89. The van der Waals surface area contributed by atoms with Crippen molar-refractivity contribution in [3.8, 4) is 5.75 Å². The topological polar surface area (TPSA) is 49.9 Å². The largest absolute Gasteiger partial charge is 0.484 e. The van der Waals surface area contributed by atoms with E-state index >= 15 is 0 Å². The van der Waals surface area contributed by atoms with E-state index in [0.717, 1.165) is 5.56 Å². The molecule has 3 rings (SSSR count). The molecular formula is C21H23FN2O3. The number of hydrogen-bond acceptors (Lipinski definition) is 3. The number of hydrogen-bond donors (Lipinski definition) is 0. The van der Waals surface area contributed by atoms with Crippen molar-refractivity contribution in [1.82, 2.24) is 9.80 Å². The monoisotopic (exact) mass is 370 g/mol. The van der Waals surface area contributed by atoms with Crippen molar-refractivity contribution in [2.45, 2.75) is 13.3 Å². The van der Waals surface area contributed by atoms with E-state index in [4.69, 9.17) is 4.74 Å². The lowest BCUT2D eigenvalue weighted by atomic mass is 10.2. The Morgan fingerprint density at radius 2 is 1.70 bits per heavy atom. The molecule has 1 aliphatic heterocycles. The molecule has 0 radical (unpaired) electrons. The highest BCUT2D eigenvalue weighted by molar-refractivity contribution is 5.94. The van der Waals surface area contributed by atoms with Gasteiger partial charge in [0, 0.05) is 31.7 Å². The molecule has 1 aliphatic rings. The molecule has 1 fully saturated rings. The van der Waals surface area contributed by atoms with Gasteiger partial charge in [-0.1, -0.05) is 23.8 Å². The van der Waals surface area contributed by atoms with Crippen LogP contribution < -0.4 is 4.74 Å². The fourth-order valence-corrected chi connectivity index (χ4v) is 3.04. The first-order valence-corrected chi connectivity index (χ1v) is 9.05.